The SMILES string of the molecule is O=c1ccc2ccc(OC(=S)c3ccc(C(F)(F)F)cc3)cc2o1. The van der Waals surface area contributed by atoms with Gasteiger partial charge in [-0.3, -0.25) is 0 Å². The second kappa shape index (κ2) is 6.09. The molecule has 7 heteroatoms. The van der Waals surface area contributed by atoms with E-state index in [4.69, 9.17) is 21.4 Å². The number of benzene rings is 2. The van der Waals surface area contributed by atoms with Gasteiger partial charge in [0.2, 0.25) is 0 Å². The number of hydrogen-bond donors (Lipinski definition) is 0. The van der Waals surface area contributed by atoms with Crippen molar-refractivity contribution in [3.8, 4) is 5.75 Å². The molecule has 0 fully saturated rings. The van der Waals surface area contributed by atoms with E-state index < -0.39 is 17.4 Å². The van der Waals surface area contributed by atoms with Crippen molar-refractivity contribution >= 4 is 28.2 Å². The minimum Gasteiger partial charge on any atom is -0.445 e. The summed E-state index contributed by atoms with van der Waals surface area (Å²) < 4.78 is 48.1. The average molecular weight is 350 g/mol. The third-order valence-electron chi connectivity index (χ3n) is 3.25. The highest BCUT2D eigenvalue weighted by atomic mass is 32.1. The molecule has 122 valence electrons. The van der Waals surface area contributed by atoms with Gasteiger partial charge in [-0.2, -0.15) is 13.2 Å². The van der Waals surface area contributed by atoms with E-state index in [0.717, 1.165) is 12.1 Å². The first-order valence-corrected chi connectivity index (χ1v) is 7.17. The number of thiocarbonyl (C=S) groups is 1. The van der Waals surface area contributed by atoms with E-state index in [-0.39, 0.29) is 5.05 Å². The molecule has 0 N–H and O–H groups in total. The number of rotatable bonds is 2. The lowest BCUT2D eigenvalue weighted by molar-refractivity contribution is -0.137. The van der Waals surface area contributed by atoms with Gasteiger partial charge in [-0.25, -0.2) is 4.79 Å². The number of hydrogen-bond acceptors (Lipinski definition) is 4. The topological polar surface area (TPSA) is 39.4 Å². The van der Waals surface area contributed by atoms with Gasteiger partial charge in [-0.15, -0.1) is 0 Å². The normalized spacial score (nSPS) is 11.5. The van der Waals surface area contributed by atoms with E-state index in [9.17, 15) is 18.0 Å². The van der Waals surface area contributed by atoms with Crippen LogP contribution in [-0.4, -0.2) is 5.05 Å². The molecule has 0 saturated carbocycles. The lowest BCUT2D eigenvalue weighted by Gasteiger charge is -2.10. The fraction of sp³-hybridized carbons (Fsp3) is 0.0588. The smallest absolute Gasteiger partial charge is 0.416 e. The molecule has 0 bridgehead atoms. The van der Waals surface area contributed by atoms with Gasteiger partial charge >= 0.3 is 11.8 Å². The van der Waals surface area contributed by atoms with Crippen molar-refractivity contribution in [2.75, 3.05) is 0 Å². The van der Waals surface area contributed by atoms with Gasteiger partial charge in [0.1, 0.15) is 11.3 Å². The molecule has 0 aliphatic rings. The summed E-state index contributed by atoms with van der Waals surface area (Å²) in [5, 5.41) is 0.726. The largest absolute Gasteiger partial charge is 0.445 e. The standard InChI is InChI=1S/C17H9F3O3S/c18-17(19,20)12-5-1-11(2-6-12)16(24)22-13-7-3-10-4-8-15(21)23-14(10)9-13/h1-9H. The van der Waals surface area contributed by atoms with Gasteiger partial charge in [-0.1, -0.05) is 0 Å². The number of ether oxygens (including phenoxy) is 1. The number of alkyl halides is 3. The summed E-state index contributed by atoms with van der Waals surface area (Å²) in [6.45, 7) is 0. The van der Waals surface area contributed by atoms with Crippen molar-refractivity contribution in [3.05, 3.63) is 76.1 Å². The van der Waals surface area contributed by atoms with E-state index in [1.807, 2.05) is 0 Å². The highest BCUT2D eigenvalue weighted by molar-refractivity contribution is 7.80. The molecule has 0 spiro atoms. The number of fused-ring (bicyclic) bond motifs is 1. The zero-order valence-corrected chi connectivity index (χ0v) is 12.8. The molecule has 3 rings (SSSR count). The van der Waals surface area contributed by atoms with Crippen molar-refractivity contribution in [1.29, 1.82) is 0 Å². The van der Waals surface area contributed by atoms with E-state index in [1.165, 1.54) is 24.3 Å². The van der Waals surface area contributed by atoms with Crippen LogP contribution in [-0.2, 0) is 6.18 Å². The van der Waals surface area contributed by atoms with Crippen molar-refractivity contribution in [2.24, 2.45) is 0 Å². The summed E-state index contributed by atoms with van der Waals surface area (Å²) in [6, 6.07) is 12.1. The van der Waals surface area contributed by atoms with E-state index in [0.29, 0.717) is 22.3 Å². The highest BCUT2D eigenvalue weighted by Crippen LogP contribution is 2.29. The maximum absolute atomic E-state index is 12.5. The van der Waals surface area contributed by atoms with Gasteiger partial charge < -0.3 is 9.15 Å². The third-order valence-corrected chi connectivity index (χ3v) is 3.57. The first kappa shape index (κ1) is 16.2. The van der Waals surface area contributed by atoms with Gasteiger partial charge in [-0.05, 0) is 54.7 Å². The zero-order chi connectivity index (χ0) is 17.3. The Morgan fingerprint density at radius 1 is 1.00 bits per heavy atom. The Morgan fingerprint density at radius 2 is 1.67 bits per heavy atom. The first-order chi connectivity index (χ1) is 11.3. The summed E-state index contributed by atoms with van der Waals surface area (Å²) in [5.41, 5.74) is -0.589. The summed E-state index contributed by atoms with van der Waals surface area (Å²) in [4.78, 5) is 11.2. The fourth-order valence-electron chi connectivity index (χ4n) is 2.07. The predicted octanol–water partition coefficient (Wildman–Crippen LogP) is 4.57. The second-order valence-electron chi connectivity index (χ2n) is 4.92. The molecule has 0 unspecified atom stereocenters. The van der Waals surface area contributed by atoms with Crippen LogP contribution >= 0.6 is 12.2 Å². The maximum atomic E-state index is 12.5. The van der Waals surface area contributed by atoms with Gasteiger partial charge in [0.15, 0.2) is 5.05 Å². The van der Waals surface area contributed by atoms with Crippen LogP contribution in [0.1, 0.15) is 11.1 Å². The summed E-state index contributed by atoms with van der Waals surface area (Å²) in [6.07, 6.45) is -4.41. The summed E-state index contributed by atoms with van der Waals surface area (Å²) in [5.74, 6) is 0.321. The average Bonchev–Trinajstić information content (AvgIpc) is 2.53. The Labute approximate surface area is 139 Å². The van der Waals surface area contributed by atoms with Gasteiger partial charge in [0, 0.05) is 23.1 Å². The van der Waals surface area contributed by atoms with Crippen molar-refractivity contribution in [3.63, 3.8) is 0 Å². The lowest BCUT2D eigenvalue weighted by atomic mass is 10.1. The van der Waals surface area contributed by atoms with Gasteiger partial charge in [0.05, 0.1) is 5.56 Å². The van der Waals surface area contributed by atoms with E-state index in [1.54, 1.807) is 18.2 Å². The van der Waals surface area contributed by atoms with Crippen LogP contribution in [0.4, 0.5) is 13.2 Å². The second-order valence-corrected chi connectivity index (χ2v) is 5.29. The van der Waals surface area contributed by atoms with Crippen molar-refractivity contribution in [2.45, 2.75) is 6.18 Å². The molecule has 3 nitrogen and oxygen atoms in total. The Balaban J connectivity index is 1.83. The number of halogens is 3. The zero-order valence-electron chi connectivity index (χ0n) is 12.0. The quantitative estimate of drug-likeness (QED) is 0.501. The molecule has 0 saturated heterocycles. The molecule has 0 atom stereocenters. The lowest BCUT2D eigenvalue weighted by Crippen LogP contribution is -2.09. The van der Waals surface area contributed by atoms with Crippen LogP contribution < -0.4 is 10.4 Å². The molecule has 0 amide bonds. The Bertz CT molecular complexity index is 959. The molecular weight excluding hydrogens is 341 g/mol. The Kier molecular flexibility index (Phi) is 4.11. The fourth-order valence-corrected chi connectivity index (χ4v) is 2.30. The Hall–Kier alpha value is -2.67. The van der Waals surface area contributed by atoms with Crippen LogP contribution in [0, 0.1) is 0 Å². The third kappa shape index (κ3) is 3.46. The van der Waals surface area contributed by atoms with Gasteiger partial charge in [0.25, 0.3) is 0 Å². The molecule has 1 aromatic heterocycles. The van der Waals surface area contributed by atoms with Crippen LogP contribution in [0.3, 0.4) is 0 Å². The van der Waals surface area contributed by atoms with E-state index in [2.05, 4.69) is 0 Å². The maximum Gasteiger partial charge on any atom is 0.416 e. The molecule has 0 aliphatic heterocycles. The highest BCUT2D eigenvalue weighted by Gasteiger charge is 2.30. The van der Waals surface area contributed by atoms with Crippen LogP contribution in [0.15, 0.2) is 63.8 Å². The van der Waals surface area contributed by atoms with Crippen LogP contribution in [0.2, 0.25) is 0 Å². The molecular formula is C17H9F3O3S. The summed E-state index contributed by atoms with van der Waals surface area (Å²) in [7, 11) is 0. The molecule has 2 aromatic carbocycles. The molecule has 24 heavy (non-hydrogen) atoms. The first-order valence-electron chi connectivity index (χ1n) is 6.76. The van der Waals surface area contributed by atoms with E-state index >= 15 is 0 Å². The van der Waals surface area contributed by atoms with Crippen molar-refractivity contribution in [1.82, 2.24) is 0 Å². The summed E-state index contributed by atoms with van der Waals surface area (Å²) >= 11 is 5.09. The minimum atomic E-state index is -4.41. The molecule has 0 aliphatic carbocycles. The predicted molar refractivity (Wildman–Crippen MR) is 86.3 cm³/mol. The van der Waals surface area contributed by atoms with Crippen LogP contribution in [0.25, 0.3) is 11.0 Å². The minimum absolute atomic E-state index is 0.0151. The molecule has 3 aromatic rings. The van der Waals surface area contributed by atoms with Crippen molar-refractivity contribution < 1.29 is 22.3 Å². The molecule has 1 heterocycles. The van der Waals surface area contributed by atoms with Crippen LogP contribution in [0.5, 0.6) is 5.75 Å². The Morgan fingerprint density at radius 3 is 2.33 bits per heavy atom. The molecule has 0 radical (unpaired) electrons. The monoisotopic (exact) mass is 350 g/mol.